The van der Waals surface area contributed by atoms with Crippen LogP contribution >= 0.6 is 48.2 Å². The Labute approximate surface area is 142 Å². The van der Waals surface area contributed by atoms with Gasteiger partial charge in [-0.15, -0.1) is 36.4 Å². The molecule has 7 heteroatoms. The molecule has 0 aliphatic heterocycles. The molecule has 1 aromatic rings. The van der Waals surface area contributed by atoms with Crippen molar-refractivity contribution in [2.24, 2.45) is 0 Å². The molecule has 0 aliphatic carbocycles. The molecule has 1 rings (SSSR count). The van der Waals surface area contributed by atoms with Gasteiger partial charge >= 0.3 is 0 Å². The number of halogens is 4. The molecule has 0 saturated heterocycles. The molecule has 0 aromatic heterocycles. The van der Waals surface area contributed by atoms with Gasteiger partial charge in [-0.2, -0.15) is 0 Å². The van der Waals surface area contributed by atoms with E-state index in [1.54, 1.807) is 19.2 Å². The summed E-state index contributed by atoms with van der Waals surface area (Å²) in [5.74, 6) is 0.427. The highest BCUT2D eigenvalue weighted by Crippen LogP contribution is 2.10. The van der Waals surface area contributed by atoms with Crippen LogP contribution in [-0.2, 0) is 0 Å². The van der Waals surface area contributed by atoms with E-state index in [4.69, 9.17) is 23.4 Å². The number of likely N-dealkylation sites (N-methyl/N-ethyl adjacent to an activating group) is 1. The van der Waals surface area contributed by atoms with Crippen molar-refractivity contribution in [2.75, 3.05) is 26.0 Å². The molecule has 1 aromatic carbocycles. The smallest absolute Gasteiger partial charge is 0.176 e. The van der Waals surface area contributed by atoms with E-state index in [0.29, 0.717) is 18.0 Å². The number of nitrogens with zero attached hydrogens (tertiary/aromatic N) is 1. The molecular formula is C13H20Cl4N2O. The van der Waals surface area contributed by atoms with Crippen molar-refractivity contribution in [1.82, 2.24) is 9.74 Å². The Kier molecular flexibility index (Phi) is 11.9. The van der Waals surface area contributed by atoms with E-state index in [1.165, 1.54) is 4.42 Å². The Morgan fingerprint density at radius 2 is 1.85 bits per heavy atom. The Hall–Kier alpha value is -0.0300. The van der Waals surface area contributed by atoms with Crippen LogP contribution in [0.5, 0.6) is 0 Å². The number of Topliss-reactive ketones (excluding diaryl/α,β-unsaturated/α-hetero) is 1. The highest BCUT2D eigenvalue weighted by molar-refractivity contribution is 6.18. The largest absolute Gasteiger partial charge is 0.302 e. The molecule has 0 saturated carbocycles. The number of benzene rings is 1. The van der Waals surface area contributed by atoms with Crippen LogP contribution in [-0.4, -0.2) is 41.8 Å². The molecule has 0 aliphatic rings. The Morgan fingerprint density at radius 3 is 2.30 bits per heavy atom. The molecule has 1 unspecified atom stereocenters. The Bertz CT molecular complexity index is 389. The fourth-order valence-corrected chi connectivity index (χ4v) is 2.09. The molecular weight excluding hydrogens is 342 g/mol. The minimum absolute atomic E-state index is 0. The molecule has 0 radical (unpaired) electrons. The first kappa shape index (κ1) is 22.3. The number of alkyl halides is 1. The quantitative estimate of drug-likeness (QED) is 0.459. The van der Waals surface area contributed by atoms with E-state index in [2.05, 4.69) is 5.32 Å². The Morgan fingerprint density at radius 1 is 1.30 bits per heavy atom. The van der Waals surface area contributed by atoms with Crippen molar-refractivity contribution in [3.05, 3.63) is 35.9 Å². The number of carbonyl (C=O) groups excluding carboxylic acids is 1. The van der Waals surface area contributed by atoms with Gasteiger partial charge in [0.25, 0.3) is 0 Å². The summed E-state index contributed by atoms with van der Waals surface area (Å²) >= 11 is 11.7. The zero-order valence-electron chi connectivity index (χ0n) is 11.4. The van der Waals surface area contributed by atoms with Crippen molar-refractivity contribution in [3.8, 4) is 0 Å². The van der Waals surface area contributed by atoms with Crippen molar-refractivity contribution in [2.45, 2.75) is 12.5 Å². The maximum atomic E-state index is 11.9. The van der Waals surface area contributed by atoms with Crippen LogP contribution in [0.4, 0.5) is 0 Å². The fraction of sp³-hybridized carbons (Fsp3) is 0.462. The summed E-state index contributed by atoms with van der Waals surface area (Å²) in [6.07, 6.45) is 0. The lowest BCUT2D eigenvalue weighted by molar-refractivity contribution is 0.0979. The van der Waals surface area contributed by atoms with E-state index in [1.807, 2.05) is 25.1 Å². The van der Waals surface area contributed by atoms with Crippen LogP contribution in [0.25, 0.3) is 0 Å². The van der Waals surface area contributed by atoms with E-state index in [-0.39, 0.29) is 42.7 Å². The molecule has 116 valence electrons. The molecule has 0 bridgehead atoms. The second kappa shape index (κ2) is 10.7. The van der Waals surface area contributed by atoms with Crippen molar-refractivity contribution in [1.29, 1.82) is 0 Å². The zero-order valence-corrected chi connectivity index (χ0v) is 14.6. The second-order valence-electron chi connectivity index (χ2n) is 4.60. The number of carbonyl (C=O) groups is 1. The molecule has 0 fully saturated rings. The fourth-order valence-electron chi connectivity index (χ4n) is 1.65. The lowest BCUT2D eigenvalue weighted by Gasteiger charge is -2.30. The average molecular weight is 362 g/mol. The monoisotopic (exact) mass is 360 g/mol. The minimum Gasteiger partial charge on any atom is -0.302 e. The van der Waals surface area contributed by atoms with Crippen molar-refractivity contribution < 1.29 is 4.79 Å². The van der Waals surface area contributed by atoms with Gasteiger partial charge in [-0.05, 0) is 18.7 Å². The summed E-state index contributed by atoms with van der Waals surface area (Å²) in [6.45, 7) is 2.75. The van der Waals surface area contributed by atoms with Crippen LogP contribution in [0.1, 0.15) is 17.3 Å². The number of rotatable bonds is 7. The first-order valence-electron chi connectivity index (χ1n) is 5.73. The summed E-state index contributed by atoms with van der Waals surface area (Å²) in [4.78, 5) is 11.9. The van der Waals surface area contributed by atoms with Crippen LogP contribution in [0.15, 0.2) is 30.3 Å². The second-order valence-corrected chi connectivity index (χ2v) is 5.44. The molecule has 1 N–H and O–H groups in total. The molecule has 0 heterocycles. The summed E-state index contributed by atoms with van der Waals surface area (Å²) < 4.78 is 1.53. The highest BCUT2D eigenvalue weighted by atomic mass is 35.5. The Balaban J connectivity index is 0. The minimum atomic E-state index is -0.386. The topological polar surface area (TPSA) is 32.3 Å². The van der Waals surface area contributed by atoms with Gasteiger partial charge in [0.05, 0.1) is 6.54 Å². The lowest BCUT2D eigenvalue weighted by Crippen LogP contribution is -2.52. The van der Waals surface area contributed by atoms with Crippen LogP contribution < -0.4 is 5.32 Å². The molecule has 20 heavy (non-hydrogen) atoms. The average Bonchev–Trinajstić information content (AvgIpc) is 2.36. The third-order valence-electron chi connectivity index (χ3n) is 2.63. The van der Waals surface area contributed by atoms with E-state index >= 15 is 0 Å². The van der Waals surface area contributed by atoms with Crippen molar-refractivity contribution >= 4 is 54.0 Å². The SMILES string of the molecule is CN(Cl)CC(C)(CCl)NCC(=O)c1ccccc1.Cl.Cl. The standard InChI is InChI=1S/C13H18Cl2N2O.2ClH/c1-13(9-14,10-17(2)15)16-8-12(18)11-6-4-3-5-7-11;;/h3-7,16H,8-10H2,1-2H3;2*1H. The molecule has 0 amide bonds. The van der Waals surface area contributed by atoms with Crippen LogP contribution in [0.3, 0.4) is 0 Å². The summed E-state index contributed by atoms with van der Waals surface area (Å²) in [5, 5.41) is 3.17. The first-order chi connectivity index (χ1) is 8.47. The van der Waals surface area contributed by atoms with Gasteiger partial charge in [0.15, 0.2) is 5.78 Å². The lowest BCUT2D eigenvalue weighted by atomic mass is 10.0. The molecule has 3 nitrogen and oxygen atoms in total. The summed E-state index contributed by atoms with van der Waals surface area (Å²) in [7, 11) is 1.76. The van der Waals surface area contributed by atoms with Gasteiger partial charge in [0, 0.05) is 30.6 Å². The summed E-state index contributed by atoms with van der Waals surface area (Å²) in [6, 6.07) is 9.18. The highest BCUT2D eigenvalue weighted by Gasteiger charge is 2.25. The van der Waals surface area contributed by atoms with Gasteiger partial charge in [-0.25, -0.2) is 4.42 Å². The third-order valence-corrected chi connectivity index (χ3v) is 3.34. The maximum Gasteiger partial charge on any atom is 0.176 e. The number of hydrogen-bond donors (Lipinski definition) is 1. The van der Waals surface area contributed by atoms with E-state index < -0.39 is 0 Å². The van der Waals surface area contributed by atoms with Gasteiger partial charge in [-0.1, -0.05) is 30.3 Å². The van der Waals surface area contributed by atoms with Gasteiger partial charge in [0.1, 0.15) is 0 Å². The third kappa shape index (κ3) is 7.67. The zero-order chi connectivity index (χ0) is 13.6. The summed E-state index contributed by atoms with van der Waals surface area (Å²) in [5.41, 5.74) is 0.309. The van der Waals surface area contributed by atoms with E-state index in [0.717, 1.165) is 0 Å². The molecule has 1 atom stereocenters. The van der Waals surface area contributed by atoms with Crippen molar-refractivity contribution in [3.63, 3.8) is 0 Å². The van der Waals surface area contributed by atoms with E-state index in [9.17, 15) is 4.79 Å². The molecule has 0 spiro atoms. The van der Waals surface area contributed by atoms with Gasteiger partial charge in [0.2, 0.25) is 0 Å². The predicted molar refractivity (Wildman–Crippen MR) is 90.9 cm³/mol. The number of hydrogen-bond acceptors (Lipinski definition) is 3. The van der Waals surface area contributed by atoms with Crippen LogP contribution in [0, 0.1) is 0 Å². The van der Waals surface area contributed by atoms with Crippen LogP contribution in [0.2, 0.25) is 0 Å². The first-order valence-corrected chi connectivity index (χ1v) is 6.60. The normalized spacial score (nSPS) is 13.1. The number of ketones is 1. The number of nitrogens with one attached hydrogen (secondary N) is 1. The van der Waals surface area contributed by atoms with Gasteiger partial charge < -0.3 is 5.32 Å². The van der Waals surface area contributed by atoms with Gasteiger partial charge in [-0.3, -0.25) is 4.79 Å². The predicted octanol–water partition coefficient (Wildman–Crippen LogP) is 3.39. The maximum absolute atomic E-state index is 11.9.